The predicted octanol–water partition coefficient (Wildman–Crippen LogP) is 4.20. The molecule has 1 saturated carbocycles. The van der Waals surface area contributed by atoms with Gasteiger partial charge in [0.05, 0.1) is 13.7 Å². The van der Waals surface area contributed by atoms with Crippen molar-refractivity contribution >= 4 is 12.1 Å². The Labute approximate surface area is 140 Å². The summed E-state index contributed by atoms with van der Waals surface area (Å²) in [4.78, 5) is 23.7. The molecule has 1 aliphatic carbocycles. The van der Waals surface area contributed by atoms with Crippen LogP contribution in [0.25, 0.3) is 0 Å². The first-order valence-corrected chi connectivity index (χ1v) is 9.18. The lowest BCUT2D eigenvalue weighted by molar-refractivity contribution is -0.143. The molecule has 1 rings (SSSR count). The summed E-state index contributed by atoms with van der Waals surface area (Å²) in [7, 11) is 1.36. The van der Waals surface area contributed by atoms with Gasteiger partial charge in [0.2, 0.25) is 0 Å². The number of unbranched alkanes of at least 4 members (excludes halogenated alkanes) is 4. The zero-order valence-corrected chi connectivity index (χ0v) is 14.8. The summed E-state index contributed by atoms with van der Waals surface area (Å²) >= 11 is 0. The molecule has 1 N–H and O–H groups in total. The quantitative estimate of drug-likeness (QED) is 0.482. The second-order valence-corrected chi connectivity index (χ2v) is 6.51. The second-order valence-electron chi connectivity index (χ2n) is 6.51. The lowest BCUT2D eigenvalue weighted by atomic mass is 9.85. The Morgan fingerprint density at radius 1 is 1.09 bits per heavy atom. The Balaban J connectivity index is 2.28. The van der Waals surface area contributed by atoms with E-state index in [0.29, 0.717) is 18.9 Å². The molecule has 1 amide bonds. The van der Waals surface area contributed by atoms with E-state index in [1.54, 1.807) is 0 Å². The highest BCUT2D eigenvalue weighted by molar-refractivity contribution is 5.81. The molecular weight excluding hydrogens is 294 g/mol. The number of carbonyl (C=O) groups excluding carboxylic acids is 2. The molecule has 1 atom stereocenters. The van der Waals surface area contributed by atoms with Gasteiger partial charge in [-0.2, -0.15) is 0 Å². The van der Waals surface area contributed by atoms with Crippen LogP contribution in [0.3, 0.4) is 0 Å². The van der Waals surface area contributed by atoms with E-state index in [1.165, 1.54) is 45.6 Å². The first kappa shape index (κ1) is 19.8. The summed E-state index contributed by atoms with van der Waals surface area (Å²) in [6.07, 6.45) is 11.6. The van der Waals surface area contributed by atoms with Gasteiger partial charge in [0.15, 0.2) is 0 Å². The Hall–Kier alpha value is -1.26. The number of hydrogen-bond donors (Lipinski definition) is 1. The molecule has 0 spiro atoms. The molecule has 23 heavy (non-hydrogen) atoms. The molecule has 0 aliphatic heterocycles. The zero-order chi connectivity index (χ0) is 16.9. The number of carbonyl (C=O) groups is 2. The van der Waals surface area contributed by atoms with Crippen LogP contribution in [-0.2, 0) is 14.3 Å². The van der Waals surface area contributed by atoms with Crippen molar-refractivity contribution in [3.05, 3.63) is 0 Å². The first-order chi connectivity index (χ1) is 11.2. The minimum absolute atomic E-state index is 0.379. The standard InChI is InChI=1S/C18H33NO4/c1-3-4-5-6-10-13-23-18(21)19-16(17(20)22-2)14-15-11-8-7-9-12-15/h15-16H,3-14H2,1-2H3,(H,19,21)/t16-/m0/s1. The molecule has 0 aromatic rings. The first-order valence-electron chi connectivity index (χ1n) is 9.18. The lowest BCUT2D eigenvalue weighted by Gasteiger charge is -2.25. The largest absolute Gasteiger partial charge is 0.467 e. The average molecular weight is 327 g/mol. The zero-order valence-electron chi connectivity index (χ0n) is 14.8. The maximum atomic E-state index is 11.9. The fourth-order valence-electron chi connectivity index (χ4n) is 3.17. The van der Waals surface area contributed by atoms with Gasteiger partial charge in [0.25, 0.3) is 0 Å². The molecule has 0 heterocycles. The van der Waals surface area contributed by atoms with Crippen LogP contribution in [0, 0.1) is 5.92 Å². The van der Waals surface area contributed by atoms with E-state index in [1.807, 2.05) is 0 Å². The average Bonchev–Trinajstić information content (AvgIpc) is 2.57. The minimum atomic E-state index is -0.587. The van der Waals surface area contributed by atoms with E-state index < -0.39 is 12.1 Å². The number of nitrogens with one attached hydrogen (secondary N) is 1. The number of rotatable bonds is 10. The number of ether oxygens (including phenoxy) is 2. The number of hydrogen-bond acceptors (Lipinski definition) is 4. The van der Waals surface area contributed by atoms with E-state index in [2.05, 4.69) is 12.2 Å². The van der Waals surface area contributed by atoms with Crippen LogP contribution in [-0.4, -0.2) is 31.8 Å². The number of alkyl carbamates (subject to hydrolysis) is 1. The van der Waals surface area contributed by atoms with Gasteiger partial charge in [-0.15, -0.1) is 0 Å². The van der Waals surface area contributed by atoms with E-state index in [0.717, 1.165) is 25.7 Å². The summed E-state index contributed by atoms with van der Waals surface area (Å²) in [5.74, 6) is 0.109. The van der Waals surface area contributed by atoms with Gasteiger partial charge in [-0.25, -0.2) is 9.59 Å². The topological polar surface area (TPSA) is 64.6 Å². The fourth-order valence-corrected chi connectivity index (χ4v) is 3.17. The smallest absolute Gasteiger partial charge is 0.407 e. The third-order valence-corrected chi connectivity index (χ3v) is 4.55. The monoisotopic (exact) mass is 327 g/mol. The molecule has 0 aromatic carbocycles. The van der Waals surface area contributed by atoms with Crippen molar-refractivity contribution in [3.63, 3.8) is 0 Å². The summed E-state index contributed by atoms with van der Waals surface area (Å²) in [6.45, 7) is 2.58. The van der Waals surface area contributed by atoms with Gasteiger partial charge in [-0.3, -0.25) is 0 Å². The van der Waals surface area contributed by atoms with E-state index in [-0.39, 0.29) is 5.97 Å². The Kier molecular flexibility index (Phi) is 10.5. The van der Waals surface area contributed by atoms with Gasteiger partial charge in [-0.05, 0) is 18.8 Å². The number of methoxy groups -OCH3 is 1. The van der Waals surface area contributed by atoms with Crippen molar-refractivity contribution in [2.24, 2.45) is 5.92 Å². The van der Waals surface area contributed by atoms with Crippen LogP contribution in [0.1, 0.15) is 77.6 Å². The van der Waals surface area contributed by atoms with Crippen LogP contribution in [0.5, 0.6) is 0 Å². The third kappa shape index (κ3) is 8.82. The molecule has 5 heteroatoms. The second kappa shape index (κ2) is 12.2. The van der Waals surface area contributed by atoms with Crippen LogP contribution in [0.15, 0.2) is 0 Å². The van der Waals surface area contributed by atoms with Crippen molar-refractivity contribution in [2.45, 2.75) is 83.6 Å². The summed E-state index contributed by atoms with van der Waals surface area (Å²) in [6, 6.07) is -0.587. The number of esters is 1. The maximum Gasteiger partial charge on any atom is 0.407 e. The van der Waals surface area contributed by atoms with Gasteiger partial charge < -0.3 is 14.8 Å². The van der Waals surface area contributed by atoms with Gasteiger partial charge in [0, 0.05) is 0 Å². The molecule has 1 aliphatic rings. The highest BCUT2D eigenvalue weighted by atomic mass is 16.6. The van der Waals surface area contributed by atoms with Gasteiger partial charge in [0.1, 0.15) is 6.04 Å². The Bertz CT molecular complexity index is 340. The van der Waals surface area contributed by atoms with Gasteiger partial charge >= 0.3 is 12.1 Å². The highest BCUT2D eigenvalue weighted by Gasteiger charge is 2.26. The molecule has 1 fully saturated rings. The number of amides is 1. The Morgan fingerprint density at radius 2 is 1.78 bits per heavy atom. The summed E-state index contributed by atoms with van der Waals surface area (Å²) < 4.78 is 9.99. The fraction of sp³-hybridized carbons (Fsp3) is 0.889. The van der Waals surface area contributed by atoms with E-state index in [9.17, 15) is 9.59 Å². The predicted molar refractivity (Wildman–Crippen MR) is 90.2 cm³/mol. The van der Waals surface area contributed by atoms with Crippen molar-refractivity contribution in [3.8, 4) is 0 Å². The van der Waals surface area contributed by atoms with Crippen molar-refractivity contribution in [1.29, 1.82) is 0 Å². The highest BCUT2D eigenvalue weighted by Crippen LogP contribution is 2.27. The molecule has 5 nitrogen and oxygen atoms in total. The van der Waals surface area contributed by atoms with Crippen LogP contribution in [0.2, 0.25) is 0 Å². The summed E-state index contributed by atoms with van der Waals surface area (Å²) in [5.41, 5.74) is 0. The van der Waals surface area contributed by atoms with Crippen LogP contribution in [0.4, 0.5) is 4.79 Å². The normalized spacial score (nSPS) is 16.6. The van der Waals surface area contributed by atoms with Crippen molar-refractivity contribution in [1.82, 2.24) is 5.32 Å². The Morgan fingerprint density at radius 3 is 2.43 bits per heavy atom. The molecule has 134 valence electrons. The minimum Gasteiger partial charge on any atom is -0.467 e. The van der Waals surface area contributed by atoms with Crippen LogP contribution >= 0.6 is 0 Å². The van der Waals surface area contributed by atoms with E-state index in [4.69, 9.17) is 9.47 Å². The maximum absolute atomic E-state index is 11.9. The third-order valence-electron chi connectivity index (χ3n) is 4.55. The van der Waals surface area contributed by atoms with Gasteiger partial charge in [-0.1, -0.05) is 64.7 Å². The summed E-state index contributed by atoms with van der Waals surface area (Å²) in [5, 5.41) is 2.68. The van der Waals surface area contributed by atoms with Crippen molar-refractivity contribution in [2.75, 3.05) is 13.7 Å². The molecule has 0 aromatic heterocycles. The SMILES string of the molecule is CCCCCCCOC(=O)N[C@@H](CC1CCCCC1)C(=O)OC. The molecule has 0 bridgehead atoms. The van der Waals surface area contributed by atoms with Crippen LogP contribution < -0.4 is 5.32 Å². The molecule has 0 saturated heterocycles. The molecule has 0 unspecified atom stereocenters. The lowest BCUT2D eigenvalue weighted by Crippen LogP contribution is -2.43. The molecule has 0 radical (unpaired) electrons. The van der Waals surface area contributed by atoms with Crippen molar-refractivity contribution < 1.29 is 19.1 Å². The van der Waals surface area contributed by atoms with E-state index >= 15 is 0 Å². The molecular formula is C18H33NO4.